The van der Waals surface area contributed by atoms with Gasteiger partial charge in [0, 0.05) is 44.4 Å². The lowest BCUT2D eigenvalue weighted by Crippen LogP contribution is -2.61. The molecular formula is C42H67N7O9. The molecule has 16 heteroatoms. The minimum atomic E-state index is -1.23. The minimum Gasteiger partial charge on any atom is -0.458 e. The summed E-state index contributed by atoms with van der Waals surface area (Å²) in [5, 5.41) is 23.6. The standard InChI is InChI=1S/C42H67N7O9/c1-12-33-42(8)36(49(40(53)58-42)20-16-15-19-48-24-31(45-46-48)30-17-13-14-18-43-30)29(6)44-23-25(2)22-41(7,54-11)37(27(4)34(50)28(5)38(52)56-33)57-39-35(51)32(47(9)10)21-26(3)55-39/h13-14,17-18,24-29,32-33,35-37,39,44,51H,12,15-16,19-23H2,1-11H3/t25-,26-,27+,28?,29-,32?,33-,35?,36-,37-,39+,41-,42-/m1/s1. The first kappa shape index (κ1) is 45.5. The molecule has 5 rings (SSSR count). The fourth-order valence-electron chi connectivity index (χ4n) is 9.25. The highest BCUT2D eigenvalue weighted by Crippen LogP contribution is 2.40. The van der Waals surface area contributed by atoms with Crippen molar-refractivity contribution < 1.29 is 43.2 Å². The molecule has 0 aliphatic carbocycles. The summed E-state index contributed by atoms with van der Waals surface area (Å²) in [7, 11) is 5.39. The SMILES string of the molecule is CC[C@H]1OC(=O)C(C)C(=O)[C@H](C)[C@@H](O[C@@H]2O[C@H](C)CC(N(C)C)C2O)[C@](C)(OC)C[C@@H](C)CN[C@H](C)[C@H]2N(CCCCn3cc(-c4ccccn4)nn3)C(=O)O[C@]12C. The van der Waals surface area contributed by atoms with Gasteiger partial charge < -0.3 is 39.0 Å². The summed E-state index contributed by atoms with van der Waals surface area (Å²) in [4.78, 5) is 50.2. The number of nitrogens with one attached hydrogen (secondary N) is 1. The molecule has 3 aliphatic heterocycles. The fraction of sp³-hybridized carbons (Fsp3) is 0.762. The van der Waals surface area contributed by atoms with Gasteiger partial charge in [-0.05, 0) is 105 Å². The van der Waals surface area contributed by atoms with Crippen molar-refractivity contribution in [3.8, 4) is 11.4 Å². The van der Waals surface area contributed by atoms with Crippen LogP contribution in [0.4, 0.5) is 4.79 Å². The van der Waals surface area contributed by atoms with Gasteiger partial charge >= 0.3 is 12.1 Å². The largest absolute Gasteiger partial charge is 0.458 e. The number of cyclic esters (lactones) is 1. The van der Waals surface area contributed by atoms with Crippen molar-refractivity contribution in [3.05, 3.63) is 30.6 Å². The second-order valence-corrected chi connectivity index (χ2v) is 17.4. The molecule has 2 N–H and O–H groups in total. The number of esters is 1. The summed E-state index contributed by atoms with van der Waals surface area (Å²) in [5.41, 5.74) is -0.833. The number of methoxy groups -OCH3 is 1. The summed E-state index contributed by atoms with van der Waals surface area (Å²) in [6.45, 7) is 16.4. The first-order valence-corrected chi connectivity index (χ1v) is 20.9. The lowest BCUT2D eigenvalue weighted by Gasteiger charge is -2.46. The number of likely N-dealkylation sites (N-methyl/N-ethyl adjacent to an activating group) is 1. The molecule has 58 heavy (non-hydrogen) atoms. The number of unbranched alkanes of at least 4 members (excludes halogenated alkanes) is 1. The molecule has 0 bridgehead atoms. The molecule has 13 atom stereocenters. The highest BCUT2D eigenvalue weighted by molar-refractivity contribution is 6.00. The smallest absolute Gasteiger partial charge is 0.410 e. The molecule has 1 amide bonds. The van der Waals surface area contributed by atoms with Crippen molar-refractivity contribution in [2.45, 2.75) is 154 Å². The van der Waals surface area contributed by atoms with Gasteiger partial charge in [-0.2, -0.15) is 0 Å². The molecular weight excluding hydrogens is 747 g/mol. The average molecular weight is 814 g/mol. The molecule has 16 nitrogen and oxygen atoms in total. The average Bonchev–Trinajstić information content (AvgIpc) is 3.77. The number of Topliss-reactive ketones (excluding diaryl/α,β-unsaturated/α-hetero) is 1. The third-order valence-corrected chi connectivity index (χ3v) is 12.6. The van der Waals surface area contributed by atoms with Gasteiger partial charge in [0.25, 0.3) is 0 Å². The first-order chi connectivity index (χ1) is 27.4. The number of aliphatic hydroxyl groups is 1. The third-order valence-electron chi connectivity index (χ3n) is 12.6. The van der Waals surface area contributed by atoms with Crippen molar-refractivity contribution in [3.63, 3.8) is 0 Å². The fourth-order valence-corrected chi connectivity index (χ4v) is 9.25. The normalized spacial score (nSPS) is 36.9. The van der Waals surface area contributed by atoms with Gasteiger partial charge in [0.15, 0.2) is 17.7 Å². The Morgan fingerprint density at radius 1 is 1.05 bits per heavy atom. The van der Waals surface area contributed by atoms with Crippen LogP contribution in [-0.2, 0) is 39.8 Å². The van der Waals surface area contributed by atoms with Crippen molar-refractivity contribution in [2.75, 3.05) is 34.3 Å². The van der Waals surface area contributed by atoms with Crippen molar-refractivity contribution in [1.82, 2.24) is 35.1 Å². The maximum Gasteiger partial charge on any atom is 0.410 e. The van der Waals surface area contributed by atoms with Gasteiger partial charge in [0.1, 0.15) is 23.8 Å². The number of hydrogen-bond acceptors (Lipinski definition) is 14. The van der Waals surface area contributed by atoms with E-state index in [1.165, 1.54) is 6.92 Å². The number of nitrogens with zero attached hydrogens (tertiary/aromatic N) is 6. The molecule has 3 fully saturated rings. The number of hydrogen-bond donors (Lipinski definition) is 2. The van der Waals surface area contributed by atoms with Crippen LogP contribution in [0.2, 0.25) is 0 Å². The van der Waals surface area contributed by atoms with E-state index in [9.17, 15) is 19.5 Å². The summed E-state index contributed by atoms with van der Waals surface area (Å²) >= 11 is 0. The number of amides is 1. The number of pyridine rings is 1. The summed E-state index contributed by atoms with van der Waals surface area (Å²) in [5.74, 6) is -3.15. The summed E-state index contributed by atoms with van der Waals surface area (Å²) in [6.07, 6.45) is 1.92. The topological polar surface area (TPSA) is 180 Å². The number of fused-ring (bicyclic) bond motifs is 1. The van der Waals surface area contributed by atoms with Gasteiger partial charge in [-0.25, -0.2) is 4.79 Å². The Labute approximate surface area is 343 Å². The molecule has 0 spiro atoms. The highest BCUT2D eigenvalue weighted by atomic mass is 16.7. The second-order valence-electron chi connectivity index (χ2n) is 17.4. The number of carbonyl (C=O) groups excluding carboxylic acids is 3. The third kappa shape index (κ3) is 9.90. The monoisotopic (exact) mass is 814 g/mol. The number of aliphatic hydroxyl groups excluding tert-OH is 1. The van der Waals surface area contributed by atoms with Crippen LogP contribution in [0.25, 0.3) is 11.4 Å². The quantitative estimate of drug-likeness (QED) is 0.188. The Morgan fingerprint density at radius 2 is 1.78 bits per heavy atom. The van der Waals surface area contributed by atoms with Crippen molar-refractivity contribution in [2.24, 2.45) is 17.8 Å². The van der Waals surface area contributed by atoms with Crippen molar-refractivity contribution in [1.29, 1.82) is 0 Å². The van der Waals surface area contributed by atoms with E-state index in [2.05, 4.69) is 27.5 Å². The van der Waals surface area contributed by atoms with Gasteiger partial charge in [-0.3, -0.25) is 24.2 Å². The Kier molecular flexibility index (Phi) is 15.1. The Balaban J connectivity index is 1.38. The number of aryl methyl sites for hydroxylation is 1. The minimum absolute atomic E-state index is 0.00904. The van der Waals surface area contributed by atoms with E-state index in [4.69, 9.17) is 23.7 Å². The molecule has 2 aromatic heterocycles. The van der Waals surface area contributed by atoms with E-state index in [0.717, 1.165) is 12.1 Å². The number of ketones is 1. The van der Waals surface area contributed by atoms with Crippen LogP contribution < -0.4 is 5.32 Å². The van der Waals surface area contributed by atoms with Crippen LogP contribution in [0, 0.1) is 17.8 Å². The van der Waals surface area contributed by atoms with E-state index in [1.54, 1.807) is 29.8 Å². The Morgan fingerprint density at radius 3 is 2.43 bits per heavy atom. The maximum absolute atomic E-state index is 14.4. The van der Waals surface area contributed by atoms with E-state index in [1.807, 2.05) is 78.0 Å². The number of carbonyl (C=O) groups is 3. The van der Waals surface area contributed by atoms with Crippen LogP contribution in [0.15, 0.2) is 30.6 Å². The first-order valence-electron chi connectivity index (χ1n) is 20.9. The van der Waals surface area contributed by atoms with Crippen LogP contribution in [0.5, 0.6) is 0 Å². The lowest BCUT2D eigenvalue weighted by molar-refractivity contribution is -0.295. The number of ether oxygens (including phenoxy) is 5. The predicted molar refractivity (Wildman–Crippen MR) is 215 cm³/mol. The molecule has 2 aromatic rings. The van der Waals surface area contributed by atoms with Gasteiger partial charge in [-0.15, -0.1) is 5.10 Å². The zero-order valence-electron chi connectivity index (χ0n) is 36.3. The van der Waals surface area contributed by atoms with Crippen LogP contribution >= 0.6 is 0 Å². The van der Waals surface area contributed by atoms with E-state index in [0.29, 0.717) is 51.0 Å². The molecule has 3 unspecified atom stereocenters. The summed E-state index contributed by atoms with van der Waals surface area (Å²) in [6, 6.07) is 4.61. The zero-order chi connectivity index (χ0) is 42.5. The summed E-state index contributed by atoms with van der Waals surface area (Å²) < 4.78 is 33.3. The Hall–Kier alpha value is -3.54. The number of aromatic nitrogens is 4. The maximum atomic E-state index is 14.4. The lowest BCUT2D eigenvalue weighted by atomic mass is 9.78. The van der Waals surface area contributed by atoms with Gasteiger partial charge in [-0.1, -0.05) is 32.1 Å². The van der Waals surface area contributed by atoms with E-state index >= 15 is 0 Å². The molecule has 3 aliphatic rings. The highest BCUT2D eigenvalue weighted by Gasteiger charge is 2.58. The van der Waals surface area contributed by atoms with Crippen LogP contribution in [0.1, 0.15) is 87.5 Å². The van der Waals surface area contributed by atoms with Gasteiger partial charge in [0.2, 0.25) is 0 Å². The molecule has 0 radical (unpaired) electrons. The van der Waals surface area contributed by atoms with Crippen LogP contribution in [-0.4, -0.2) is 147 Å². The molecule has 0 saturated carbocycles. The van der Waals surface area contributed by atoms with E-state index < -0.39 is 71.5 Å². The van der Waals surface area contributed by atoms with E-state index in [-0.39, 0.29) is 24.1 Å². The van der Waals surface area contributed by atoms with Crippen LogP contribution in [0.3, 0.4) is 0 Å². The molecule has 0 aromatic carbocycles. The Bertz CT molecular complexity index is 1680. The molecule has 3 saturated heterocycles. The van der Waals surface area contributed by atoms with Gasteiger partial charge in [0.05, 0.1) is 35.7 Å². The molecule has 5 heterocycles. The molecule has 324 valence electrons. The van der Waals surface area contributed by atoms with Crippen molar-refractivity contribution >= 4 is 17.8 Å². The predicted octanol–water partition coefficient (Wildman–Crippen LogP) is 4.10. The zero-order valence-corrected chi connectivity index (χ0v) is 36.3. The second kappa shape index (κ2) is 19.2. The number of rotatable bonds is 11.